The van der Waals surface area contributed by atoms with Crippen molar-refractivity contribution in [3.63, 3.8) is 0 Å². The average Bonchev–Trinajstić information content (AvgIpc) is 2.66. The van der Waals surface area contributed by atoms with Crippen molar-refractivity contribution in [1.82, 2.24) is 0 Å². The quantitative estimate of drug-likeness (QED) is 0.739. The Morgan fingerprint density at radius 3 is 2.65 bits per heavy atom. The van der Waals surface area contributed by atoms with Crippen LogP contribution in [0, 0.1) is 0 Å². The molecule has 0 amide bonds. The fourth-order valence-corrected chi connectivity index (χ4v) is 4.94. The molecule has 2 aliphatic rings. The monoisotopic (exact) mass is 387 g/mol. The van der Waals surface area contributed by atoms with Gasteiger partial charge in [-0.1, -0.05) is 17.7 Å². The minimum atomic E-state index is -0.197. The van der Waals surface area contributed by atoms with E-state index in [1.807, 2.05) is 36.4 Å². The van der Waals surface area contributed by atoms with Crippen LogP contribution in [0.5, 0.6) is 11.5 Å². The number of carbonyl (C=O) groups excluding carboxylic acids is 1. The molecule has 1 aliphatic carbocycles. The molecule has 1 heterocycles. The Balaban J connectivity index is 1.66. The van der Waals surface area contributed by atoms with E-state index in [1.54, 1.807) is 26.0 Å². The summed E-state index contributed by atoms with van der Waals surface area (Å²) in [6.45, 7) is 0. The van der Waals surface area contributed by atoms with Gasteiger partial charge in [0.15, 0.2) is 17.3 Å². The zero-order valence-electron chi connectivity index (χ0n) is 14.5. The number of halogens is 1. The van der Waals surface area contributed by atoms with Gasteiger partial charge in [0.1, 0.15) is 5.25 Å². The maximum absolute atomic E-state index is 12.8. The summed E-state index contributed by atoms with van der Waals surface area (Å²) < 4.78 is 10.7. The van der Waals surface area contributed by atoms with Gasteiger partial charge in [-0.2, -0.15) is 0 Å². The van der Waals surface area contributed by atoms with Crippen LogP contribution in [0.4, 0.5) is 5.69 Å². The molecular weight excluding hydrogens is 370 g/mol. The number of methoxy groups -OCH3 is 2. The van der Waals surface area contributed by atoms with Gasteiger partial charge in [-0.25, -0.2) is 0 Å². The molecule has 0 bridgehead atoms. The predicted octanol–water partition coefficient (Wildman–Crippen LogP) is 5.05. The number of ketones is 1. The van der Waals surface area contributed by atoms with Crippen molar-refractivity contribution in [3.8, 4) is 11.5 Å². The molecule has 4 nitrogen and oxygen atoms in total. The van der Waals surface area contributed by atoms with Crippen molar-refractivity contribution in [2.24, 2.45) is 4.99 Å². The molecule has 4 rings (SSSR count). The Bertz CT molecular complexity index is 912. The normalized spacial score (nSPS) is 21.5. The van der Waals surface area contributed by atoms with Crippen LogP contribution in [0.3, 0.4) is 0 Å². The lowest BCUT2D eigenvalue weighted by molar-refractivity contribution is -0.118. The maximum Gasteiger partial charge on any atom is 0.160 e. The molecule has 1 aliphatic heterocycles. The molecule has 2 atom stereocenters. The van der Waals surface area contributed by atoms with E-state index in [0.29, 0.717) is 22.9 Å². The number of Topliss-reactive ketones (excluding diaryl/α,β-unsaturated/α-hetero) is 1. The molecule has 0 N–H and O–H groups in total. The van der Waals surface area contributed by atoms with Crippen LogP contribution in [0.25, 0.3) is 0 Å². The number of carbonyl (C=O) groups is 1. The van der Waals surface area contributed by atoms with Crippen LogP contribution in [0.2, 0.25) is 5.02 Å². The Morgan fingerprint density at radius 2 is 1.88 bits per heavy atom. The molecule has 2 aromatic carbocycles. The number of benzene rings is 2. The molecule has 1 fully saturated rings. The number of rotatable bonds is 3. The van der Waals surface area contributed by atoms with Crippen LogP contribution in [-0.4, -0.2) is 31.0 Å². The number of ether oxygens (including phenoxy) is 2. The topological polar surface area (TPSA) is 47.9 Å². The van der Waals surface area contributed by atoms with E-state index in [9.17, 15) is 4.79 Å². The summed E-state index contributed by atoms with van der Waals surface area (Å²) in [6, 6.07) is 11.5. The molecule has 0 saturated heterocycles. The van der Waals surface area contributed by atoms with Gasteiger partial charge in [0.05, 0.1) is 19.9 Å². The van der Waals surface area contributed by atoms with E-state index in [-0.39, 0.29) is 17.0 Å². The Kier molecular flexibility index (Phi) is 4.67. The molecule has 0 aromatic heterocycles. The number of nitrogens with zero attached hydrogens (tertiary/aromatic N) is 1. The summed E-state index contributed by atoms with van der Waals surface area (Å²) in [5.74, 6) is 1.68. The van der Waals surface area contributed by atoms with Gasteiger partial charge >= 0.3 is 0 Å². The van der Waals surface area contributed by atoms with Crippen molar-refractivity contribution in [1.29, 1.82) is 0 Å². The van der Waals surface area contributed by atoms with Crippen LogP contribution in [0.1, 0.15) is 24.3 Å². The lowest BCUT2D eigenvalue weighted by Crippen LogP contribution is -2.36. The third-order valence-electron chi connectivity index (χ3n) is 4.81. The predicted molar refractivity (Wildman–Crippen MR) is 105 cm³/mol. The molecular formula is C20H18ClNO3S. The van der Waals surface area contributed by atoms with Crippen molar-refractivity contribution in [2.75, 3.05) is 14.2 Å². The number of fused-ring (bicyclic) bond motifs is 2. The van der Waals surface area contributed by atoms with E-state index in [1.165, 1.54) is 0 Å². The SMILES string of the molecule is COc1ccc(C2CC(=O)C3Sc4cc(Cl)ccc4N=C3C2)cc1OC. The Hall–Kier alpha value is -1.98. The van der Waals surface area contributed by atoms with E-state index in [0.717, 1.165) is 28.3 Å². The number of aliphatic imine (C=N–C) groups is 1. The van der Waals surface area contributed by atoms with Gasteiger partial charge in [0, 0.05) is 22.1 Å². The van der Waals surface area contributed by atoms with Crippen molar-refractivity contribution >= 4 is 40.5 Å². The number of hydrogen-bond donors (Lipinski definition) is 0. The minimum absolute atomic E-state index is 0.103. The van der Waals surface area contributed by atoms with Crippen LogP contribution < -0.4 is 9.47 Å². The molecule has 1 saturated carbocycles. The summed E-state index contributed by atoms with van der Waals surface area (Å²) in [5.41, 5.74) is 2.91. The highest BCUT2D eigenvalue weighted by Crippen LogP contribution is 2.45. The van der Waals surface area contributed by atoms with E-state index >= 15 is 0 Å². The highest BCUT2D eigenvalue weighted by molar-refractivity contribution is 8.01. The fourth-order valence-electron chi connectivity index (χ4n) is 3.50. The lowest BCUT2D eigenvalue weighted by atomic mass is 9.81. The summed E-state index contributed by atoms with van der Waals surface area (Å²) in [5, 5.41) is 0.471. The Labute approximate surface area is 161 Å². The largest absolute Gasteiger partial charge is 0.493 e. The molecule has 2 unspecified atom stereocenters. The smallest absolute Gasteiger partial charge is 0.160 e. The summed E-state index contributed by atoms with van der Waals surface area (Å²) in [6.07, 6.45) is 1.27. The lowest BCUT2D eigenvalue weighted by Gasteiger charge is -2.32. The van der Waals surface area contributed by atoms with Gasteiger partial charge in [0.25, 0.3) is 0 Å². The zero-order valence-corrected chi connectivity index (χ0v) is 16.1. The third kappa shape index (κ3) is 3.10. The van der Waals surface area contributed by atoms with Gasteiger partial charge < -0.3 is 9.47 Å². The fraction of sp³-hybridized carbons (Fsp3) is 0.300. The van der Waals surface area contributed by atoms with E-state index in [2.05, 4.69) is 0 Å². The van der Waals surface area contributed by atoms with Gasteiger partial charge in [-0.05, 0) is 48.2 Å². The summed E-state index contributed by atoms with van der Waals surface area (Å²) in [4.78, 5) is 18.5. The third-order valence-corrected chi connectivity index (χ3v) is 6.39. The molecule has 0 spiro atoms. The number of hydrogen-bond acceptors (Lipinski definition) is 5. The second kappa shape index (κ2) is 6.97. The van der Waals surface area contributed by atoms with Crippen LogP contribution >= 0.6 is 23.4 Å². The summed E-state index contributed by atoms with van der Waals surface area (Å²) >= 11 is 7.64. The molecule has 134 valence electrons. The average molecular weight is 388 g/mol. The van der Waals surface area contributed by atoms with Gasteiger partial charge in [0.2, 0.25) is 0 Å². The van der Waals surface area contributed by atoms with E-state index in [4.69, 9.17) is 26.1 Å². The summed E-state index contributed by atoms with van der Waals surface area (Å²) in [7, 11) is 3.23. The highest BCUT2D eigenvalue weighted by atomic mass is 35.5. The molecule has 26 heavy (non-hydrogen) atoms. The maximum atomic E-state index is 12.8. The first-order valence-electron chi connectivity index (χ1n) is 8.37. The van der Waals surface area contributed by atoms with Crippen molar-refractivity contribution in [2.45, 2.75) is 28.9 Å². The van der Waals surface area contributed by atoms with E-state index < -0.39 is 0 Å². The molecule has 6 heteroatoms. The van der Waals surface area contributed by atoms with Crippen LogP contribution in [0.15, 0.2) is 46.3 Å². The van der Waals surface area contributed by atoms with Crippen molar-refractivity contribution in [3.05, 3.63) is 47.0 Å². The highest BCUT2D eigenvalue weighted by Gasteiger charge is 2.37. The first-order chi connectivity index (χ1) is 12.6. The molecule has 2 aromatic rings. The first kappa shape index (κ1) is 17.4. The Morgan fingerprint density at radius 1 is 1.08 bits per heavy atom. The second-order valence-corrected chi connectivity index (χ2v) is 7.98. The second-order valence-electron chi connectivity index (χ2n) is 6.40. The zero-order chi connectivity index (χ0) is 18.3. The van der Waals surface area contributed by atoms with Crippen LogP contribution in [-0.2, 0) is 4.79 Å². The molecule has 0 radical (unpaired) electrons. The van der Waals surface area contributed by atoms with Gasteiger partial charge in [-0.3, -0.25) is 9.79 Å². The standard InChI is InChI=1S/C20H18ClNO3S/c1-24-17-6-3-11(9-18(17)25-2)12-7-15-20(16(23)8-12)26-19-10-13(21)4-5-14(19)22-15/h3-6,9-10,12,20H,7-8H2,1-2H3. The minimum Gasteiger partial charge on any atom is -0.493 e. The van der Waals surface area contributed by atoms with Crippen molar-refractivity contribution < 1.29 is 14.3 Å². The number of thioether (sulfide) groups is 1. The van der Waals surface area contributed by atoms with Gasteiger partial charge in [-0.15, -0.1) is 11.8 Å². The first-order valence-corrected chi connectivity index (χ1v) is 9.63.